The summed E-state index contributed by atoms with van der Waals surface area (Å²) in [4.78, 5) is 12.4. The summed E-state index contributed by atoms with van der Waals surface area (Å²) >= 11 is 0. The summed E-state index contributed by atoms with van der Waals surface area (Å²) in [7, 11) is 2.92. The van der Waals surface area contributed by atoms with Gasteiger partial charge in [0.2, 0.25) is 0 Å². The smallest absolute Gasteiger partial charge is 0.471 e. The Labute approximate surface area is 126 Å². The van der Waals surface area contributed by atoms with Gasteiger partial charge in [-0.05, 0) is 29.7 Å². The number of halogens is 3. The molecule has 1 amide bonds. The van der Waals surface area contributed by atoms with Crippen LogP contribution in [0.25, 0.3) is 0 Å². The summed E-state index contributed by atoms with van der Waals surface area (Å²) in [5.41, 5.74) is 1.38. The minimum Gasteiger partial charge on any atom is -0.493 e. The van der Waals surface area contributed by atoms with Gasteiger partial charge in [-0.25, -0.2) is 0 Å². The Morgan fingerprint density at radius 1 is 1.32 bits per heavy atom. The van der Waals surface area contributed by atoms with Gasteiger partial charge in [0.25, 0.3) is 0 Å². The molecule has 1 aliphatic rings. The van der Waals surface area contributed by atoms with Crippen LogP contribution in [0.15, 0.2) is 24.8 Å². The van der Waals surface area contributed by atoms with Crippen LogP contribution in [0.5, 0.6) is 11.5 Å². The number of methoxy groups -OCH3 is 2. The lowest BCUT2D eigenvalue weighted by Crippen LogP contribution is -2.46. The number of carbonyl (C=O) groups is 1. The Balaban J connectivity index is 2.47. The number of carbonyl (C=O) groups excluding carboxylic acids is 1. The fraction of sp³-hybridized carbons (Fsp3) is 0.400. The Morgan fingerprint density at radius 3 is 2.41 bits per heavy atom. The SMILES string of the molecule is C=C[C@@H]1c2cc(OC)c(OC)cc2CCN1C(=O)C(F)(F)F. The van der Waals surface area contributed by atoms with E-state index in [-0.39, 0.29) is 6.54 Å². The predicted molar refractivity (Wildman–Crippen MR) is 74.0 cm³/mol. The number of nitrogens with zero attached hydrogens (tertiary/aromatic N) is 1. The van der Waals surface area contributed by atoms with Gasteiger partial charge in [-0.15, -0.1) is 6.58 Å². The van der Waals surface area contributed by atoms with Crippen LogP contribution in [-0.2, 0) is 11.2 Å². The highest BCUT2D eigenvalue weighted by Crippen LogP contribution is 2.39. The normalized spacial score (nSPS) is 17.7. The van der Waals surface area contributed by atoms with Gasteiger partial charge < -0.3 is 14.4 Å². The number of ether oxygens (including phenoxy) is 2. The minimum absolute atomic E-state index is 0.0302. The van der Waals surface area contributed by atoms with Crippen molar-refractivity contribution in [3.63, 3.8) is 0 Å². The maximum atomic E-state index is 12.7. The van der Waals surface area contributed by atoms with Gasteiger partial charge in [0.05, 0.1) is 20.3 Å². The van der Waals surface area contributed by atoms with Crippen molar-refractivity contribution >= 4 is 5.91 Å². The molecular weight excluding hydrogens is 299 g/mol. The number of fused-ring (bicyclic) bond motifs is 1. The van der Waals surface area contributed by atoms with Crippen LogP contribution in [-0.4, -0.2) is 37.7 Å². The second kappa shape index (κ2) is 5.90. The fourth-order valence-corrected chi connectivity index (χ4v) is 2.62. The summed E-state index contributed by atoms with van der Waals surface area (Å²) in [6.07, 6.45) is -3.27. The minimum atomic E-state index is -4.91. The molecule has 1 heterocycles. The molecule has 1 aromatic rings. The van der Waals surface area contributed by atoms with Crippen molar-refractivity contribution in [3.05, 3.63) is 35.9 Å². The molecule has 0 fully saturated rings. The largest absolute Gasteiger partial charge is 0.493 e. The van der Waals surface area contributed by atoms with Crippen molar-refractivity contribution in [1.29, 1.82) is 0 Å². The molecule has 4 nitrogen and oxygen atoms in total. The molecule has 1 atom stereocenters. The molecule has 2 rings (SSSR count). The molecule has 0 aliphatic carbocycles. The van der Waals surface area contributed by atoms with Crippen LogP contribution in [0.4, 0.5) is 13.2 Å². The maximum Gasteiger partial charge on any atom is 0.471 e. The van der Waals surface area contributed by atoms with Crippen LogP contribution >= 0.6 is 0 Å². The van der Waals surface area contributed by atoms with Crippen LogP contribution in [0.1, 0.15) is 17.2 Å². The molecule has 22 heavy (non-hydrogen) atoms. The second-order valence-electron chi connectivity index (χ2n) is 4.83. The molecular formula is C15H16F3NO3. The first kappa shape index (κ1) is 16.2. The van der Waals surface area contributed by atoms with E-state index in [1.807, 2.05) is 0 Å². The summed E-state index contributed by atoms with van der Waals surface area (Å²) in [5, 5.41) is 0. The molecule has 0 N–H and O–H groups in total. The number of alkyl halides is 3. The van der Waals surface area contributed by atoms with Crippen LogP contribution in [0.2, 0.25) is 0 Å². The first-order chi connectivity index (χ1) is 10.3. The Morgan fingerprint density at radius 2 is 1.91 bits per heavy atom. The summed E-state index contributed by atoms with van der Waals surface area (Å²) in [6, 6.07) is 2.47. The van der Waals surface area contributed by atoms with Crippen molar-refractivity contribution < 1.29 is 27.4 Å². The van der Waals surface area contributed by atoms with E-state index in [0.29, 0.717) is 23.5 Å². The highest BCUT2D eigenvalue weighted by Gasteiger charge is 2.45. The number of hydrogen-bond donors (Lipinski definition) is 0. The van der Waals surface area contributed by atoms with Gasteiger partial charge in [-0.1, -0.05) is 6.08 Å². The topological polar surface area (TPSA) is 38.8 Å². The molecule has 0 aromatic heterocycles. The van der Waals surface area contributed by atoms with E-state index in [1.54, 1.807) is 12.1 Å². The number of amides is 1. The van der Waals surface area contributed by atoms with Crippen molar-refractivity contribution in [2.24, 2.45) is 0 Å². The average molecular weight is 315 g/mol. The Hall–Kier alpha value is -2.18. The first-order valence-electron chi connectivity index (χ1n) is 6.58. The molecule has 7 heteroatoms. The highest BCUT2D eigenvalue weighted by atomic mass is 19.4. The summed E-state index contributed by atoms with van der Waals surface area (Å²) in [5.74, 6) is -0.966. The molecule has 120 valence electrons. The lowest BCUT2D eigenvalue weighted by atomic mass is 9.91. The zero-order valence-corrected chi connectivity index (χ0v) is 12.2. The standard InChI is InChI=1S/C15H16F3NO3/c1-4-11-10-8-13(22-3)12(21-2)7-9(10)5-6-19(11)14(20)15(16,17)18/h4,7-8,11H,1,5-6H2,2-3H3/t11-/m1/s1. The molecule has 0 saturated carbocycles. The predicted octanol–water partition coefficient (Wildman–Crippen LogP) is 2.88. The lowest BCUT2D eigenvalue weighted by molar-refractivity contribution is -0.187. The third kappa shape index (κ3) is 2.75. The molecule has 1 aliphatic heterocycles. The van der Waals surface area contributed by atoms with Gasteiger partial charge in [0, 0.05) is 6.54 Å². The van der Waals surface area contributed by atoms with E-state index in [2.05, 4.69) is 6.58 Å². The molecule has 0 unspecified atom stereocenters. The van der Waals surface area contributed by atoms with E-state index in [0.717, 1.165) is 10.5 Å². The average Bonchev–Trinajstić information content (AvgIpc) is 2.50. The second-order valence-corrected chi connectivity index (χ2v) is 4.83. The Bertz CT molecular complexity index is 598. The highest BCUT2D eigenvalue weighted by molar-refractivity contribution is 5.83. The monoisotopic (exact) mass is 315 g/mol. The van der Waals surface area contributed by atoms with Gasteiger partial charge in [-0.2, -0.15) is 13.2 Å². The van der Waals surface area contributed by atoms with Gasteiger partial charge >= 0.3 is 12.1 Å². The van der Waals surface area contributed by atoms with Gasteiger partial charge in [0.1, 0.15) is 0 Å². The first-order valence-corrected chi connectivity index (χ1v) is 6.58. The summed E-state index contributed by atoms with van der Waals surface area (Å²) < 4.78 is 48.5. The van der Waals surface area contributed by atoms with E-state index < -0.39 is 18.1 Å². The van der Waals surface area contributed by atoms with E-state index in [9.17, 15) is 18.0 Å². The molecule has 0 bridgehead atoms. The van der Waals surface area contributed by atoms with Gasteiger partial charge in [-0.3, -0.25) is 4.79 Å². The third-order valence-corrected chi connectivity index (χ3v) is 3.65. The van der Waals surface area contributed by atoms with Crippen LogP contribution in [0, 0.1) is 0 Å². The molecule has 0 saturated heterocycles. The number of hydrogen-bond acceptors (Lipinski definition) is 3. The molecule has 0 radical (unpaired) electrons. The van der Waals surface area contributed by atoms with E-state index in [1.165, 1.54) is 20.3 Å². The number of benzene rings is 1. The van der Waals surface area contributed by atoms with Gasteiger partial charge in [0.15, 0.2) is 11.5 Å². The maximum absolute atomic E-state index is 12.7. The van der Waals surface area contributed by atoms with Crippen LogP contribution in [0.3, 0.4) is 0 Å². The zero-order valence-electron chi connectivity index (χ0n) is 12.2. The summed E-state index contributed by atoms with van der Waals surface area (Å²) in [6.45, 7) is 3.53. The number of rotatable bonds is 3. The van der Waals surface area contributed by atoms with E-state index >= 15 is 0 Å². The van der Waals surface area contributed by atoms with Crippen molar-refractivity contribution in [3.8, 4) is 11.5 Å². The Kier molecular flexibility index (Phi) is 4.35. The van der Waals surface area contributed by atoms with Crippen molar-refractivity contribution in [2.45, 2.75) is 18.6 Å². The van der Waals surface area contributed by atoms with E-state index in [4.69, 9.17) is 9.47 Å². The van der Waals surface area contributed by atoms with Crippen LogP contribution < -0.4 is 9.47 Å². The fourth-order valence-electron chi connectivity index (χ4n) is 2.62. The van der Waals surface area contributed by atoms with Crippen molar-refractivity contribution in [1.82, 2.24) is 4.90 Å². The third-order valence-electron chi connectivity index (χ3n) is 3.65. The zero-order chi connectivity index (χ0) is 16.5. The quantitative estimate of drug-likeness (QED) is 0.805. The molecule has 0 spiro atoms. The van der Waals surface area contributed by atoms with Crippen molar-refractivity contribution in [2.75, 3.05) is 20.8 Å². The lowest BCUT2D eigenvalue weighted by Gasteiger charge is -2.36. The molecule has 1 aromatic carbocycles.